The van der Waals surface area contributed by atoms with E-state index in [4.69, 9.17) is 4.74 Å². The Bertz CT molecular complexity index is 532. The second kappa shape index (κ2) is 6.86. The lowest BCUT2D eigenvalue weighted by molar-refractivity contribution is 0.111. The van der Waals surface area contributed by atoms with E-state index in [1.807, 2.05) is 55.5 Å². The first kappa shape index (κ1) is 13.5. The zero-order valence-electron chi connectivity index (χ0n) is 11.1. The second-order valence-electron chi connectivity index (χ2n) is 4.55. The number of carbonyl (C=O) groups excluding carboxylic acids is 1. The van der Waals surface area contributed by atoms with Crippen LogP contribution in [0.15, 0.2) is 48.5 Å². The molecule has 2 aromatic rings. The van der Waals surface area contributed by atoms with Gasteiger partial charge in [0.25, 0.3) is 0 Å². The first-order chi connectivity index (χ1) is 9.31. The molecule has 98 valence electrons. The molecule has 2 rings (SSSR count). The van der Waals surface area contributed by atoms with Crippen LogP contribution in [0.5, 0.6) is 0 Å². The Kier molecular flexibility index (Phi) is 4.87. The van der Waals surface area contributed by atoms with E-state index in [0.29, 0.717) is 13.2 Å². The molecule has 2 aromatic carbocycles. The molecule has 0 fully saturated rings. The molecule has 0 aliphatic rings. The van der Waals surface area contributed by atoms with Crippen molar-refractivity contribution in [2.45, 2.75) is 20.0 Å². The van der Waals surface area contributed by atoms with Crippen LogP contribution >= 0.6 is 0 Å². The van der Waals surface area contributed by atoms with E-state index in [0.717, 1.165) is 29.4 Å². The highest BCUT2D eigenvalue weighted by Gasteiger charge is 2.04. The molecule has 0 aliphatic heterocycles. The Labute approximate surface area is 114 Å². The Balaban J connectivity index is 1.86. The topological polar surface area (TPSA) is 26.3 Å². The highest BCUT2D eigenvalue weighted by atomic mass is 16.5. The molecule has 0 N–H and O–H groups in total. The summed E-state index contributed by atoms with van der Waals surface area (Å²) >= 11 is 0. The molecule has 0 aliphatic carbocycles. The molecule has 0 bridgehead atoms. The van der Waals surface area contributed by atoms with Crippen LogP contribution in [0.4, 0.5) is 0 Å². The number of hydrogen-bond donors (Lipinski definition) is 0. The lowest BCUT2D eigenvalue weighted by Crippen LogP contribution is -2.02. The highest BCUT2D eigenvalue weighted by molar-refractivity contribution is 5.79. The molecule has 0 spiro atoms. The minimum absolute atomic E-state index is 0.614. The van der Waals surface area contributed by atoms with Gasteiger partial charge in [-0.25, -0.2) is 0 Å². The Morgan fingerprint density at radius 2 is 1.84 bits per heavy atom. The minimum atomic E-state index is 0.614. The van der Waals surface area contributed by atoms with Crippen LogP contribution in [0.1, 0.15) is 27.0 Å². The van der Waals surface area contributed by atoms with Crippen LogP contribution in [0.3, 0.4) is 0 Å². The number of rotatable bonds is 6. The maximum atomic E-state index is 11.1. The van der Waals surface area contributed by atoms with Crippen LogP contribution in [0, 0.1) is 6.92 Å². The summed E-state index contributed by atoms with van der Waals surface area (Å²) in [7, 11) is 0. The summed E-state index contributed by atoms with van der Waals surface area (Å²) in [6.07, 6.45) is 1.70. The molecule has 0 heterocycles. The number of benzene rings is 2. The van der Waals surface area contributed by atoms with E-state index >= 15 is 0 Å². The monoisotopic (exact) mass is 254 g/mol. The quantitative estimate of drug-likeness (QED) is 0.582. The predicted molar refractivity (Wildman–Crippen MR) is 76.4 cm³/mol. The highest BCUT2D eigenvalue weighted by Crippen LogP contribution is 2.13. The van der Waals surface area contributed by atoms with Gasteiger partial charge in [0.1, 0.15) is 0 Å². The summed E-state index contributed by atoms with van der Waals surface area (Å²) in [5.74, 6) is 0. The molecule has 0 saturated heterocycles. The van der Waals surface area contributed by atoms with Gasteiger partial charge in [-0.05, 0) is 30.0 Å². The van der Waals surface area contributed by atoms with Crippen molar-refractivity contribution < 1.29 is 9.53 Å². The summed E-state index contributed by atoms with van der Waals surface area (Å²) in [4.78, 5) is 11.1. The van der Waals surface area contributed by atoms with Gasteiger partial charge < -0.3 is 4.74 Å². The van der Waals surface area contributed by atoms with Crippen LogP contribution < -0.4 is 0 Å². The molecule has 0 saturated carbocycles. The number of hydrogen-bond acceptors (Lipinski definition) is 2. The van der Waals surface area contributed by atoms with Gasteiger partial charge in [-0.3, -0.25) is 4.79 Å². The zero-order valence-corrected chi connectivity index (χ0v) is 11.1. The summed E-state index contributed by atoms with van der Waals surface area (Å²) < 4.78 is 5.65. The fraction of sp³-hybridized carbons (Fsp3) is 0.235. The van der Waals surface area contributed by atoms with Crippen molar-refractivity contribution in [1.29, 1.82) is 0 Å². The smallest absolute Gasteiger partial charge is 0.150 e. The molecule has 0 radical (unpaired) electrons. The minimum Gasteiger partial charge on any atom is -0.376 e. The van der Waals surface area contributed by atoms with Crippen molar-refractivity contribution in [3.8, 4) is 0 Å². The molecule has 2 heteroatoms. The molecule has 0 aromatic heterocycles. The van der Waals surface area contributed by atoms with E-state index in [1.165, 1.54) is 5.56 Å². The maximum Gasteiger partial charge on any atom is 0.150 e. The Morgan fingerprint density at radius 3 is 2.58 bits per heavy atom. The first-order valence-electron chi connectivity index (χ1n) is 6.46. The fourth-order valence-electron chi connectivity index (χ4n) is 2.07. The molecular weight excluding hydrogens is 236 g/mol. The van der Waals surface area contributed by atoms with Gasteiger partial charge in [-0.1, -0.05) is 48.5 Å². The van der Waals surface area contributed by atoms with Gasteiger partial charge in [0, 0.05) is 5.56 Å². The predicted octanol–water partition coefficient (Wildman–Crippen LogP) is 3.57. The zero-order chi connectivity index (χ0) is 13.5. The van der Waals surface area contributed by atoms with E-state index in [-0.39, 0.29) is 0 Å². The van der Waals surface area contributed by atoms with Gasteiger partial charge in [0.2, 0.25) is 0 Å². The molecule has 0 unspecified atom stereocenters. The molecule has 2 nitrogen and oxygen atoms in total. The average Bonchev–Trinajstić information content (AvgIpc) is 2.45. The van der Waals surface area contributed by atoms with Gasteiger partial charge in [0.15, 0.2) is 6.29 Å². The van der Waals surface area contributed by atoms with Crippen molar-refractivity contribution in [2.75, 3.05) is 6.61 Å². The number of carbonyl (C=O) groups is 1. The SMILES string of the molecule is Cc1cccc(CCOCc2ccccc2)c1C=O. The van der Waals surface area contributed by atoms with Crippen molar-refractivity contribution in [3.63, 3.8) is 0 Å². The lowest BCUT2D eigenvalue weighted by Gasteiger charge is -2.08. The molecule has 19 heavy (non-hydrogen) atoms. The lowest BCUT2D eigenvalue weighted by atomic mass is 10.0. The van der Waals surface area contributed by atoms with Crippen LogP contribution in [-0.4, -0.2) is 12.9 Å². The van der Waals surface area contributed by atoms with Crippen LogP contribution in [0.25, 0.3) is 0 Å². The molecule has 0 atom stereocenters. The summed E-state index contributed by atoms with van der Waals surface area (Å²) in [5, 5.41) is 0. The Hall–Kier alpha value is -1.93. The summed E-state index contributed by atoms with van der Waals surface area (Å²) in [5.41, 5.74) is 4.05. The van der Waals surface area contributed by atoms with Gasteiger partial charge in [0.05, 0.1) is 13.2 Å². The molecule has 0 amide bonds. The number of aldehydes is 1. The van der Waals surface area contributed by atoms with E-state index in [1.54, 1.807) is 0 Å². The van der Waals surface area contributed by atoms with Gasteiger partial charge >= 0.3 is 0 Å². The van der Waals surface area contributed by atoms with E-state index < -0.39 is 0 Å². The fourth-order valence-corrected chi connectivity index (χ4v) is 2.07. The normalized spacial score (nSPS) is 10.4. The maximum absolute atomic E-state index is 11.1. The third-order valence-electron chi connectivity index (χ3n) is 3.16. The number of aryl methyl sites for hydroxylation is 1. The third kappa shape index (κ3) is 3.76. The van der Waals surface area contributed by atoms with Crippen molar-refractivity contribution in [2.24, 2.45) is 0 Å². The standard InChI is InChI=1S/C17H18O2/c1-14-6-5-9-16(17(14)12-18)10-11-19-13-15-7-3-2-4-8-15/h2-9,12H,10-11,13H2,1H3. The average molecular weight is 254 g/mol. The van der Waals surface area contributed by atoms with Crippen molar-refractivity contribution in [3.05, 3.63) is 70.8 Å². The summed E-state index contributed by atoms with van der Waals surface area (Å²) in [6, 6.07) is 16.0. The van der Waals surface area contributed by atoms with E-state index in [9.17, 15) is 4.79 Å². The van der Waals surface area contributed by atoms with Crippen LogP contribution in [-0.2, 0) is 17.8 Å². The number of ether oxygens (including phenoxy) is 1. The summed E-state index contributed by atoms with van der Waals surface area (Å²) in [6.45, 7) is 3.19. The third-order valence-corrected chi connectivity index (χ3v) is 3.16. The first-order valence-corrected chi connectivity index (χ1v) is 6.46. The second-order valence-corrected chi connectivity index (χ2v) is 4.55. The van der Waals surface area contributed by atoms with Gasteiger partial charge in [-0.2, -0.15) is 0 Å². The molecular formula is C17H18O2. The largest absolute Gasteiger partial charge is 0.376 e. The van der Waals surface area contributed by atoms with Gasteiger partial charge in [-0.15, -0.1) is 0 Å². The van der Waals surface area contributed by atoms with Crippen molar-refractivity contribution in [1.82, 2.24) is 0 Å². The van der Waals surface area contributed by atoms with Crippen LogP contribution in [0.2, 0.25) is 0 Å². The Morgan fingerprint density at radius 1 is 1.05 bits per heavy atom. The van der Waals surface area contributed by atoms with E-state index in [2.05, 4.69) is 0 Å². The van der Waals surface area contributed by atoms with Crippen molar-refractivity contribution >= 4 is 6.29 Å².